The van der Waals surface area contributed by atoms with Gasteiger partial charge in [-0.3, -0.25) is 0 Å². The van der Waals surface area contributed by atoms with Gasteiger partial charge in [0.05, 0.1) is 11.7 Å². The molecule has 0 saturated carbocycles. The Morgan fingerprint density at radius 1 is 1.25 bits per heavy atom. The third-order valence-electron chi connectivity index (χ3n) is 3.06. The van der Waals surface area contributed by atoms with E-state index in [9.17, 15) is 0 Å². The van der Waals surface area contributed by atoms with Gasteiger partial charge >= 0.3 is 0 Å². The number of hydrogen-bond donors (Lipinski definition) is 1. The first kappa shape index (κ1) is 15.9. The van der Waals surface area contributed by atoms with Crippen molar-refractivity contribution in [3.8, 4) is 0 Å². The monoisotopic (exact) mass is 231 g/mol. The van der Waals surface area contributed by atoms with Crippen LogP contribution in [-0.2, 0) is 9.47 Å². The molecule has 0 aliphatic heterocycles. The third-order valence-corrected chi connectivity index (χ3v) is 3.06. The average molecular weight is 231 g/mol. The van der Waals surface area contributed by atoms with Crippen molar-refractivity contribution in [2.45, 2.75) is 65.2 Å². The van der Waals surface area contributed by atoms with Gasteiger partial charge in [0.25, 0.3) is 0 Å². The molecule has 0 aromatic carbocycles. The van der Waals surface area contributed by atoms with Crippen LogP contribution in [0.5, 0.6) is 0 Å². The van der Waals surface area contributed by atoms with E-state index in [2.05, 4.69) is 39.9 Å². The average Bonchev–Trinajstić information content (AvgIpc) is 2.25. The van der Waals surface area contributed by atoms with Gasteiger partial charge in [-0.25, -0.2) is 0 Å². The highest BCUT2D eigenvalue weighted by Crippen LogP contribution is 2.13. The van der Waals surface area contributed by atoms with Gasteiger partial charge in [0.15, 0.2) is 0 Å². The zero-order valence-corrected chi connectivity index (χ0v) is 11.8. The molecule has 0 aliphatic rings. The molecule has 0 rings (SSSR count). The first-order valence-corrected chi connectivity index (χ1v) is 6.33. The number of nitrogens with one attached hydrogen (secondary N) is 1. The lowest BCUT2D eigenvalue weighted by atomic mass is 10.1. The van der Waals surface area contributed by atoms with Crippen molar-refractivity contribution in [1.29, 1.82) is 0 Å². The molecule has 2 atom stereocenters. The van der Waals surface area contributed by atoms with Crippen LogP contribution >= 0.6 is 0 Å². The van der Waals surface area contributed by atoms with E-state index < -0.39 is 0 Å². The van der Waals surface area contributed by atoms with Crippen LogP contribution in [0.25, 0.3) is 0 Å². The molecule has 0 amide bonds. The van der Waals surface area contributed by atoms with Crippen molar-refractivity contribution < 1.29 is 9.47 Å². The van der Waals surface area contributed by atoms with E-state index in [0.717, 1.165) is 26.0 Å². The molecule has 0 radical (unpaired) electrons. The summed E-state index contributed by atoms with van der Waals surface area (Å²) in [6, 6.07) is 0.408. The van der Waals surface area contributed by atoms with Crippen LogP contribution < -0.4 is 5.32 Å². The summed E-state index contributed by atoms with van der Waals surface area (Å²) in [7, 11) is 1.74. The van der Waals surface area contributed by atoms with Crippen molar-refractivity contribution in [2.24, 2.45) is 0 Å². The second kappa shape index (κ2) is 8.04. The van der Waals surface area contributed by atoms with Crippen LogP contribution in [0.15, 0.2) is 0 Å². The molecule has 0 aliphatic carbocycles. The van der Waals surface area contributed by atoms with Crippen LogP contribution in [0, 0.1) is 0 Å². The maximum Gasteiger partial charge on any atom is 0.0697 e. The molecule has 3 heteroatoms. The summed E-state index contributed by atoms with van der Waals surface area (Å²) in [5, 5.41) is 3.44. The summed E-state index contributed by atoms with van der Waals surface area (Å²) in [6.07, 6.45) is 2.33. The summed E-state index contributed by atoms with van der Waals surface area (Å²) in [5.41, 5.74) is -0.0835. The Kier molecular flexibility index (Phi) is 7.98. The molecule has 0 saturated heterocycles. The van der Waals surface area contributed by atoms with Gasteiger partial charge in [-0.15, -0.1) is 0 Å². The zero-order valence-electron chi connectivity index (χ0n) is 11.8. The fraction of sp³-hybridized carbons (Fsp3) is 1.00. The molecule has 0 aromatic heterocycles. The molecule has 2 unspecified atom stereocenters. The quantitative estimate of drug-likeness (QED) is 0.661. The smallest absolute Gasteiger partial charge is 0.0697 e. The fourth-order valence-electron chi connectivity index (χ4n) is 1.27. The second-order valence-corrected chi connectivity index (χ2v) is 5.03. The Morgan fingerprint density at radius 3 is 2.38 bits per heavy atom. The van der Waals surface area contributed by atoms with Crippen LogP contribution in [0.3, 0.4) is 0 Å². The van der Waals surface area contributed by atoms with Crippen molar-refractivity contribution in [3.05, 3.63) is 0 Å². The molecule has 0 bridgehead atoms. The highest BCUT2D eigenvalue weighted by molar-refractivity contribution is 4.70. The molecule has 1 N–H and O–H groups in total. The van der Waals surface area contributed by atoms with E-state index in [1.807, 2.05) is 0 Å². The van der Waals surface area contributed by atoms with Gasteiger partial charge in [-0.2, -0.15) is 0 Å². The van der Waals surface area contributed by atoms with Crippen molar-refractivity contribution in [1.82, 2.24) is 5.32 Å². The minimum absolute atomic E-state index is 0.0835. The van der Waals surface area contributed by atoms with E-state index in [-0.39, 0.29) is 11.7 Å². The van der Waals surface area contributed by atoms with Gasteiger partial charge in [0, 0.05) is 19.8 Å². The predicted octanol–water partition coefficient (Wildman–Crippen LogP) is 2.59. The maximum atomic E-state index is 5.80. The third kappa shape index (κ3) is 7.20. The first-order valence-electron chi connectivity index (χ1n) is 6.33. The summed E-state index contributed by atoms with van der Waals surface area (Å²) in [6.45, 7) is 12.4. The summed E-state index contributed by atoms with van der Waals surface area (Å²) < 4.78 is 11.1. The molecule has 0 aromatic rings. The highest BCUT2D eigenvalue weighted by Gasteiger charge is 2.17. The molecule has 98 valence electrons. The summed E-state index contributed by atoms with van der Waals surface area (Å²) in [5.74, 6) is 0. The lowest BCUT2D eigenvalue weighted by Crippen LogP contribution is -2.38. The van der Waals surface area contributed by atoms with Gasteiger partial charge < -0.3 is 14.8 Å². The number of ether oxygens (including phenoxy) is 2. The second-order valence-electron chi connectivity index (χ2n) is 5.03. The Morgan fingerprint density at radius 2 is 1.88 bits per heavy atom. The Labute approximate surface area is 101 Å². The van der Waals surface area contributed by atoms with E-state index in [1.54, 1.807) is 7.11 Å². The molecule has 0 fully saturated rings. The molecular formula is C13H29NO2. The Balaban J connectivity index is 3.68. The minimum Gasteiger partial charge on any atom is -0.379 e. The predicted molar refractivity (Wildman–Crippen MR) is 68.9 cm³/mol. The Bertz CT molecular complexity index is 171. The van der Waals surface area contributed by atoms with Gasteiger partial charge in [-0.05, 0) is 47.1 Å². The number of hydrogen-bond acceptors (Lipinski definition) is 3. The molecule has 16 heavy (non-hydrogen) atoms. The van der Waals surface area contributed by atoms with Crippen LogP contribution in [0.2, 0.25) is 0 Å². The maximum absolute atomic E-state index is 5.80. The SMILES string of the molecule is CCCNC(C)C(C)OCCC(C)(C)OC. The fourth-order valence-corrected chi connectivity index (χ4v) is 1.27. The molecule has 0 heterocycles. The summed E-state index contributed by atoms with van der Waals surface area (Å²) >= 11 is 0. The van der Waals surface area contributed by atoms with Gasteiger partial charge in [0.2, 0.25) is 0 Å². The highest BCUT2D eigenvalue weighted by atomic mass is 16.5. The van der Waals surface area contributed by atoms with Crippen LogP contribution in [0.1, 0.15) is 47.5 Å². The van der Waals surface area contributed by atoms with Crippen molar-refractivity contribution >= 4 is 0 Å². The van der Waals surface area contributed by atoms with E-state index in [1.165, 1.54) is 0 Å². The van der Waals surface area contributed by atoms with E-state index >= 15 is 0 Å². The zero-order chi connectivity index (χ0) is 12.6. The van der Waals surface area contributed by atoms with Gasteiger partial charge in [0.1, 0.15) is 0 Å². The number of methoxy groups -OCH3 is 1. The van der Waals surface area contributed by atoms with E-state index in [4.69, 9.17) is 9.47 Å². The molecule has 3 nitrogen and oxygen atoms in total. The molecular weight excluding hydrogens is 202 g/mol. The lowest BCUT2D eigenvalue weighted by molar-refractivity contribution is -0.0290. The standard InChI is InChI=1S/C13H29NO2/c1-7-9-14-11(2)12(3)16-10-8-13(4,5)15-6/h11-12,14H,7-10H2,1-6H3. The first-order chi connectivity index (χ1) is 7.43. The van der Waals surface area contributed by atoms with Gasteiger partial charge in [-0.1, -0.05) is 6.92 Å². The lowest BCUT2D eigenvalue weighted by Gasteiger charge is -2.26. The normalized spacial score (nSPS) is 16.1. The van der Waals surface area contributed by atoms with Crippen LogP contribution in [0.4, 0.5) is 0 Å². The Hall–Kier alpha value is -0.120. The topological polar surface area (TPSA) is 30.5 Å². The molecule has 0 spiro atoms. The largest absolute Gasteiger partial charge is 0.379 e. The van der Waals surface area contributed by atoms with E-state index in [0.29, 0.717) is 6.04 Å². The summed E-state index contributed by atoms with van der Waals surface area (Å²) in [4.78, 5) is 0. The van der Waals surface area contributed by atoms with Crippen molar-refractivity contribution in [3.63, 3.8) is 0 Å². The van der Waals surface area contributed by atoms with Crippen molar-refractivity contribution in [2.75, 3.05) is 20.3 Å². The number of rotatable bonds is 9. The minimum atomic E-state index is -0.0835. The van der Waals surface area contributed by atoms with Crippen LogP contribution in [-0.4, -0.2) is 38.0 Å².